The number of nitrogens with one attached hydrogen (secondary N) is 1. The first-order chi connectivity index (χ1) is 20.2. The van der Waals surface area contributed by atoms with Gasteiger partial charge in [0.2, 0.25) is 11.8 Å². The van der Waals surface area contributed by atoms with Crippen molar-refractivity contribution in [2.45, 2.75) is 79.4 Å². The van der Waals surface area contributed by atoms with Crippen LogP contribution in [0, 0.1) is 11.3 Å². The first-order valence-corrected chi connectivity index (χ1v) is 16.7. The number of imidazole rings is 1. The second kappa shape index (κ2) is 15.1. The lowest BCUT2D eigenvalue weighted by Gasteiger charge is -2.24. The molecule has 17 heteroatoms. The van der Waals surface area contributed by atoms with Gasteiger partial charge in [-0.2, -0.15) is 9.97 Å². The summed E-state index contributed by atoms with van der Waals surface area (Å²) < 4.78 is 43.9. The number of nitrogens with zero attached hydrogens (tertiary/aromatic N) is 4. The Kier molecular flexibility index (Phi) is 12.3. The largest absolute Gasteiger partial charge is 0.476 e. The van der Waals surface area contributed by atoms with Crippen LogP contribution in [0.3, 0.4) is 0 Å². The van der Waals surface area contributed by atoms with Gasteiger partial charge in [0.15, 0.2) is 16.3 Å². The van der Waals surface area contributed by atoms with Gasteiger partial charge in [-0.25, -0.2) is 14.6 Å². The molecule has 1 unspecified atom stereocenters. The van der Waals surface area contributed by atoms with Gasteiger partial charge in [-0.05, 0) is 48.0 Å². The molecule has 0 bridgehead atoms. The minimum absolute atomic E-state index is 0.0109. The Balaban J connectivity index is 1.69. The van der Waals surface area contributed by atoms with Crippen LogP contribution in [0.2, 0.25) is 0 Å². The molecule has 2 aromatic rings. The number of hydrogen-bond donors (Lipinski definition) is 3. The molecule has 0 spiro atoms. The lowest BCUT2D eigenvalue weighted by Crippen LogP contribution is -2.36. The SMILES string of the molecule is CCOc1nc(N)nc2c1ncn2[C@@H]1O[C@H](COP(=O)(N[C@H](C)C(=O)OC(C)C)OCCSC(=O)C(C)(C)CO)C[C@@H]1C. The number of aliphatic hydroxyl groups excluding tert-OH is 1. The Morgan fingerprint density at radius 3 is 2.67 bits per heavy atom. The average molecular weight is 647 g/mol. The van der Waals surface area contributed by atoms with E-state index < -0.39 is 37.5 Å². The number of anilines is 1. The monoisotopic (exact) mass is 646 g/mol. The first kappa shape index (κ1) is 35.2. The van der Waals surface area contributed by atoms with Crippen LogP contribution in [0.15, 0.2) is 6.33 Å². The number of ether oxygens (including phenoxy) is 3. The molecule has 0 radical (unpaired) electrons. The van der Waals surface area contributed by atoms with Gasteiger partial charge in [0.05, 0.1) is 50.4 Å². The molecule has 1 saturated heterocycles. The van der Waals surface area contributed by atoms with Crippen LogP contribution in [0.4, 0.5) is 5.95 Å². The van der Waals surface area contributed by atoms with Crippen LogP contribution >= 0.6 is 19.5 Å². The molecule has 1 aliphatic heterocycles. The van der Waals surface area contributed by atoms with Crippen LogP contribution < -0.4 is 15.6 Å². The molecular formula is C26H43N6O9PS. The van der Waals surface area contributed by atoms with E-state index in [0.29, 0.717) is 24.2 Å². The molecule has 3 heterocycles. The molecule has 15 nitrogen and oxygen atoms in total. The van der Waals surface area contributed by atoms with Crippen molar-refractivity contribution in [3.05, 3.63) is 6.33 Å². The van der Waals surface area contributed by atoms with E-state index in [4.69, 9.17) is 29.0 Å². The van der Waals surface area contributed by atoms with Crippen LogP contribution in [0.25, 0.3) is 11.2 Å². The Labute approximate surface area is 255 Å². The second-order valence-corrected chi connectivity index (χ2v) is 14.0. The maximum Gasteiger partial charge on any atom is 0.406 e. The van der Waals surface area contributed by atoms with Gasteiger partial charge in [0.25, 0.3) is 0 Å². The van der Waals surface area contributed by atoms with Gasteiger partial charge in [-0.1, -0.05) is 18.7 Å². The molecule has 3 rings (SSSR count). The van der Waals surface area contributed by atoms with Crippen molar-refractivity contribution in [1.82, 2.24) is 24.6 Å². The van der Waals surface area contributed by atoms with E-state index in [-0.39, 0.29) is 54.5 Å². The summed E-state index contributed by atoms with van der Waals surface area (Å²) in [4.78, 5) is 37.6. The number of carbonyl (C=O) groups is 2. The zero-order chi connectivity index (χ0) is 31.9. The van der Waals surface area contributed by atoms with Gasteiger partial charge in [-0.15, -0.1) is 0 Å². The minimum Gasteiger partial charge on any atom is -0.476 e. The standard InChI is InChI=1S/C26H43N6O9PS/c1-8-37-21-19-20(29-25(27)30-21)32(14-28-19)22-16(4)11-18(41-22)12-39-42(36,31-17(5)23(34)40-15(2)3)38-9-10-43-24(35)26(6,7)13-33/h14-18,22,33H,8-13H2,1-7H3,(H,31,36)(H2,27,29,30)/t16-,17+,18-,22+,42?/m0/s1. The molecular weight excluding hydrogens is 603 g/mol. The minimum atomic E-state index is -4.07. The predicted octanol–water partition coefficient (Wildman–Crippen LogP) is 3.08. The average Bonchev–Trinajstić information content (AvgIpc) is 3.52. The molecule has 4 N–H and O–H groups in total. The third-order valence-corrected chi connectivity index (χ3v) is 9.33. The van der Waals surface area contributed by atoms with Gasteiger partial charge in [0, 0.05) is 11.7 Å². The van der Waals surface area contributed by atoms with Crippen molar-refractivity contribution >= 4 is 47.7 Å². The van der Waals surface area contributed by atoms with Gasteiger partial charge in [-0.3, -0.25) is 23.2 Å². The number of esters is 1. The number of fused-ring (bicyclic) bond motifs is 1. The van der Waals surface area contributed by atoms with E-state index in [1.807, 2.05) is 13.8 Å². The van der Waals surface area contributed by atoms with E-state index in [9.17, 15) is 19.3 Å². The van der Waals surface area contributed by atoms with Gasteiger partial charge in [0.1, 0.15) is 12.3 Å². The summed E-state index contributed by atoms with van der Waals surface area (Å²) in [5.41, 5.74) is 5.89. The quantitative estimate of drug-likeness (QED) is 0.136. The summed E-state index contributed by atoms with van der Waals surface area (Å²) in [5, 5.41) is 11.8. The fourth-order valence-corrected chi connectivity index (χ4v) is 6.59. The van der Waals surface area contributed by atoms with Crippen molar-refractivity contribution in [1.29, 1.82) is 0 Å². The molecule has 2 aromatic heterocycles. The van der Waals surface area contributed by atoms with E-state index in [2.05, 4.69) is 20.0 Å². The summed E-state index contributed by atoms with van der Waals surface area (Å²) in [6, 6.07) is -1.01. The number of nitrogen functional groups attached to an aromatic ring is 1. The maximum absolute atomic E-state index is 13.8. The fraction of sp³-hybridized carbons (Fsp3) is 0.731. The zero-order valence-corrected chi connectivity index (χ0v) is 27.4. The lowest BCUT2D eigenvalue weighted by molar-refractivity contribution is -0.149. The van der Waals surface area contributed by atoms with Crippen LogP contribution in [0.5, 0.6) is 5.88 Å². The highest BCUT2D eigenvalue weighted by Crippen LogP contribution is 2.46. The smallest absolute Gasteiger partial charge is 0.406 e. The highest BCUT2D eigenvalue weighted by molar-refractivity contribution is 8.13. The number of aliphatic hydroxyl groups is 1. The third kappa shape index (κ3) is 9.33. The normalized spacial score (nSPS) is 21.2. The number of hydrogen-bond acceptors (Lipinski definition) is 14. The lowest BCUT2D eigenvalue weighted by atomic mass is 9.97. The fourth-order valence-electron chi connectivity index (χ4n) is 4.16. The summed E-state index contributed by atoms with van der Waals surface area (Å²) in [6.45, 7) is 11.8. The Hall–Kier alpha value is -2.33. The Morgan fingerprint density at radius 2 is 2.02 bits per heavy atom. The van der Waals surface area contributed by atoms with E-state index in [1.165, 1.54) is 6.92 Å². The number of aromatic nitrogens is 4. The van der Waals surface area contributed by atoms with Crippen molar-refractivity contribution in [3.8, 4) is 5.88 Å². The van der Waals surface area contributed by atoms with Gasteiger partial charge < -0.3 is 25.1 Å². The topological polar surface area (TPSA) is 199 Å². The maximum atomic E-state index is 13.8. The van der Waals surface area contributed by atoms with Crippen molar-refractivity contribution in [3.63, 3.8) is 0 Å². The predicted molar refractivity (Wildman–Crippen MR) is 160 cm³/mol. The van der Waals surface area contributed by atoms with Crippen LogP contribution in [-0.2, 0) is 32.7 Å². The molecule has 0 aliphatic carbocycles. The first-order valence-electron chi connectivity index (χ1n) is 14.1. The highest BCUT2D eigenvalue weighted by Gasteiger charge is 2.38. The molecule has 43 heavy (non-hydrogen) atoms. The molecule has 5 atom stereocenters. The summed E-state index contributed by atoms with van der Waals surface area (Å²) in [5.74, 6) is -0.158. The van der Waals surface area contributed by atoms with Crippen molar-refractivity contribution < 1.29 is 42.5 Å². The summed E-state index contributed by atoms with van der Waals surface area (Å²) >= 11 is 0.949. The van der Waals surface area contributed by atoms with Crippen LogP contribution in [-0.4, -0.2) is 86.1 Å². The molecule has 1 aliphatic rings. The molecule has 0 saturated carbocycles. The summed E-state index contributed by atoms with van der Waals surface area (Å²) in [7, 11) is -4.07. The van der Waals surface area contributed by atoms with Gasteiger partial charge >= 0.3 is 13.7 Å². The molecule has 0 aromatic carbocycles. The number of carbonyl (C=O) groups excluding carboxylic acids is 2. The van der Waals surface area contributed by atoms with E-state index >= 15 is 0 Å². The Bertz CT molecular complexity index is 1310. The number of nitrogens with two attached hydrogens (primary N) is 1. The summed E-state index contributed by atoms with van der Waals surface area (Å²) in [6.07, 6.45) is 0.800. The number of rotatable bonds is 16. The van der Waals surface area contributed by atoms with Crippen LogP contribution in [0.1, 0.15) is 61.1 Å². The van der Waals surface area contributed by atoms with E-state index in [0.717, 1.165) is 11.8 Å². The second-order valence-electron chi connectivity index (χ2n) is 11.1. The Morgan fingerprint density at radius 1 is 1.30 bits per heavy atom. The van der Waals surface area contributed by atoms with Crippen molar-refractivity contribution in [2.75, 3.05) is 37.9 Å². The molecule has 242 valence electrons. The van der Waals surface area contributed by atoms with E-state index in [1.54, 1.807) is 38.6 Å². The highest BCUT2D eigenvalue weighted by atomic mass is 32.2. The van der Waals surface area contributed by atoms with Crippen molar-refractivity contribution in [2.24, 2.45) is 11.3 Å². The number of thioether (sulfide) groups is 1. The zero-order valence-electron chi connectivity index (χ0n) is 25.6. The molecule has 1 fully saturated rings. The third-order valence-electron chi connectivity index (χ3n) is 6.43. The molecule has 0 amide bonds.